The van der Waals surface area contributed by atoms with Gasteiger partial charge in [0.1, 0.15) is 17.7 Å². The molecule has 0 saturated carbocycles. The third kappa shape index (κ3) is 5.88. The second-order valence-corrected chi connectivity index (χ2v) is 8.89. The summed E-state index contributed by atoms with van der Waals surface area (Å²) in [6.07, 6.45) is 6.27. The molecule has 0 radical (unpaired) electrons. The van der Waals surface area contributed by atoms with Crippen LogP contribution in [0, 0.1) is 28.9 Å². The predicted molar refractivity (Wildman–Crippen MR) is 129 cm³/mol. The highest BCUT2D eigenvalue weighted by Gasteiger charge is 2.21. The Morgan fingerprint density at radius 2 is 1.71 bits per heavy atom. The van der Waals surface area contributed by atoms with E-state index in [1.165, 1.54) is 12.1 Å². The molecule has 1 aliphatic heterocycles. The molecule has 34 heavy (non-hydrogen) atoms. The molecule has 0 N–H and O–H groups in total. The monoisotopic (exact) mass is 461 g/mol. The van der Waals surface area contributed by atoms with Crippen LogP contribution in [0.25, 0.3) is 10.8 Å². The van der Waals surface area contributed by atoms with Crippen molar-refractivity contribution in [1.82, 2.24) is 0 Å². The first-order valence-corrected chi connectivity index (χ1v) is 11.8. The van der Waals surface area contributed by atoms with Crippen molar-refractivity contribution in [3.63, 3.8) is 0 Å². The number of allylic oxidation sites excluding steroid dienone is 1. The fourth-order valence-corrected chi connectivity index (χ4v) is 4.37. The normalized spacial score (nSPS) is 18.0. The summed E-state index contributed by atoms with van der Waals surface area (Å²) in [5, 5.41) is 10.3. The summed E-state index contributed by atoms with van der Waals surface area (Å²) in [5.74, 6) is -0.339. The zero-order chi connectivity index (χ0) is 23.9. The van der Waals surface area contributed by atoms with Crippen molar-refractivity contribution in [1.29, 1.82) is 5.26 Å². The number of benzene rings is 3. The molecule has 4 rings (SSSR count). The first-order chi connectivity index (χ1) is 16.6. The number of rotatable bonds is 9. The Hall–Kier alpha value is -3.07. The highest BCUT2D eigenvalue weighted by molar-refractivity contribution is 5.84. The van der Waals surface area contributed by atoms with E-state index in [9.17, 15) is 4.39 Å². The molecule has 0 spiro atoms. The van der Waals surface area contributed by atoms with Crippen LogP contribution in [-0.2, 0) is 28.7 Å². The molecule has 1 heterocycles. The lowest BCUT2D eigenvalue weighted by Gasteiger charge is -2.29. The number of hydrogen-bond acceptors (Lipinski definition) is 3. The molecule has 0 atom stereocenters. The van der Waals surface area contributed by atoms with Crippen molar-refractivity contribution in [2.24, 2.45) is 5.92 Å². The molecule has 0 amide bonds. The molecule has 5 heteroatoms. The molecule has 1 fully saturated rings. The van der Waals surface area contributed by atoms with E-state index in [1.807, 2.05) is 36.4 Å². The van der Waals surface area contributed by atoms with Gasteiger partial charge in [-0.2, -0.15) is 5.26 Å². The zero-order valence-corrected chi connectivity index (χ0v) is 19.2. The summed E-state index contributed by atoms with van der Waals surface area (Å²) >= 11 is 0. The Morgan fingerprint density at radius 1 is 0.941 bits per heavy atom. The quantitative estimate of drug-likeness (QED) is 0.335. The third-order valence-corrected chi connectivity index (χ3v) is 6.42. The van der Waals surface area contributed by atoms with Gasteiger partial charge in [-0.1, -0.05) is 42.5 Å². The van der Waals surface area contributed by atoms with Crippen LogP contribution in [0.1, 0.15) is 41.5 Å². The highest BCUT2D eigenvalue weighted by atomic mass is 19.1. The van der Waals surface area contributed by atoms with Crippen molar-refractivity contribution < 1.29 is 18.3 Å². The third-order valence-electron chi connectivity index (χ3n) is 6.42. The predicted octanol–water partition coefficient (Wildman–Crippen LogP) is 6.66. The van der Waals surface area contributed by atoms with Gasteiger partial charge in [0.2, 0.25) is 0 Å². The van der Waals surface area contributed by atoms with Crippen LogP contribution in [-0.4, -0.2) is 19.5 Å². The fraction of sp³-hybridized carbons (Fsp3) is 0.345. The van der Waals surface area contributed by atoms with Crippen molar-refractivity contribution in [3.8, 4) is 6.07 Å². The summed E-state index contributed by atoms with van der Waals surface area (Å²) in [5.41, 5.74) is 2.48. The lowest BCUT2D eigenvalue weighted by atomic mass is 9.97. The van der Waals surface area contributed by atoms with E-state index in [2.05, 4.69) is 6.58 Å². The Kier molecular flexibility index (Phi) is 8.05. The van der Waals surface area contributed by atoms with Gasteiger partial charge in [-0.3, -0.25) is 0 Å². The molecule has 0 unspecified atom stereocenters. The number of nitrogens with zero attached hydrogens (tertiary/aromatic N) is 1. The Balaban J connectivity index is 1.35. The molecule has 3 aromatic rings. The molecule has 3 aromatic carbocycles. The van der Waals surface area contributed by atoms with Crippen LogP contribution in [0.3, 0.4) is 0 Å². The van der Waals surface area contributed by atoms with Gasteiger partial charge in [-0.05, 0) is 66.3 Å². The molecule has 1 aliphatic rings. The first-order valence-electron chi connectivity index (χ1n) is 11.8. The summed E-state index contributed by atoms with van der Waals surface area (Å²) in [7, 11) is 0. The van der Waals surface area contributed by atoms with Gasteiger partial charge >= 0.3 is 0 Å². The topological polar surface area (TPSA) is 42.2 Å². The fourth-order valence-electron chi connectivity index (χ4n) is 4.37. The molecule has 0 aromatic heterocycles. The Bertz CT molecular complexity index is 1190. The van der Waals surface area contributed by atoms with Crippen LogP contribution < -0.4 is 0 Å². The van der Waals surface area contributed by atoms with E-state index in [-0.39, 0.29) is 17.7 Å². The molecule has 1 saturated heterocycles. The minimum atomic E-state index is -0.539. The number of fused-ring (bicyclic) bond motifs is 1. The van der Waals surface area contributed by atoms with Crippen molar-refractivity contribution >= 4 is 10.8 Å². The number of nitriles is 1. The summed E-state index contributed by atoms with van der Waals surface area (Å²) in [6, 6.07) is 15.9. The molecule has 0 aliphatic carbocycles. The first kappa shape index (κ1) is 24.1. The number of ether oxygens (including phenoxy) is 2. The van der Waals surface area contributed by atoms with Gasteiger partial charge in [-0.25, -0.2) is 8.78 Å². The number of halogens is 2. The minimum absolute atomic E-state index is 0.0192. The van der Waals surface area contributed by atoms with Crippen LogP contribution in [0.4, 0.5) is 8.78 Å². The molecular weight excluding hydrogens is 432 g/mol. The summed E-state index contributed by atoms with van der Waals surface area (Å²) in [4.78, 5) is 0. The maximum Gasteiger partial charge on any atom is 0.157 e. The van der Waals surface area contributed by atoms with Gasteiger partial charge in [0.25, 0.3) is 0 Å². The van der Waals surface area contributed by atoms with E-state index in [1.54, 1.807) is 12.1 Å². The van der Waals surface area contributed by atoms with Crippen molar-refractivity contribution in [2.75, 3.05) is 13.2 Å². The number of hydrogen-bond donors (Lipinski definition) is 0. The zero-order valence-electron chi connectivity index (χ0n) is 19.2. The molecular formula is C29H29F2NO2. The van der Waals surface area contributed by atoms with Gasteiger partial charge in [0.05, 0.1) is 18.8 Å². The van der Waals surface area contributed by atoms with Crippen molar-refractivity contribution in [3.05, 3.63) is 95.1 Å². The lowest BCUT2D eigenvalue weighted by molar-refractivity contribution is -0.203. The second kappa shape index (κ2) is 11.4. The molecule has 3 nitrogen and oxygen atoms in total. The maximum atomic E-state index is 15.1. The van der Waals surface area contributed by atoms with Crippen LogP contribution in [0.15, 0.2) is 61.2 Å². The summed E-state index contributed by atoms with van der Waals surface area (Å²) < 4.78 is 40.7. The average Bonchev–Trinajstić information content (AvgIpc) is 2.86. The highest BCUT2D eigenvalue weighted by Crippen LogP contribution is 2.25. The largest absolute Gasteiger partial charge is 0.352 e. The smallest absolute Gasteiger partial charge is 0.157 e. The summed E-state index contributed by atoms with van der Waals surface area (Å²) in [6.45, 7) is 5.20. The van der Waals surface area contributed by atoms with E-state index in [0.29, 0.717) is 29.7 Å². The molecule has 0 bridgehead atoms. The number of aryl methyl sites for hydroxylation is 3. The standard InChI is InChI=1S/C29H29F2NO2/c1-2-3-4-22-18-33-28(34-19-22)14-8-20-7-13-26-24(15-20)12-11-23(29(26)31)9-5-21-6-10-25(17-32)27(30)16-21/h2,6-7,10-13,15-16,22,28H,1,3-5,8-9,14,18-19H2. The molecule has 176 valence electrons. The van der Waals surface area contributed by atoms with Gasteiger partial charge in [-0.15, -0.1) is 6.58 Å². The SMILES string of the molecule is C=CCCC1COC(CCc2ccc3c(F)c(CCc4ccc(C#N)c(F)c4)ccc3c2)OC1. The van der Waals surface area contributed by atoms with Gasteiger partial charge < -0.3 is 9.47 Å². The van der Waals surface area contributed by atoms with E-state index in [4.69, 9.17) is 14.7 Å². The van der Waals surface area contributed by atoms with Crippen LogP contribution in [0.5, 0.6) is 0 Å². The Labute approximate surface area is 199 Å². The minimum Gasteiger partial charge on any atom is -0.352 e. The van der Waals surface area contributed by atoms with Crippen LogP contribution in [0.2, 0.25) is 0 Å². The van der Waals surface area contributed by atoms with E-state index >= 15 is 4.39 Å². The van der Waals surface area contributed by atoms with E-state index in [0.717, 1.165) is 55.4 Å². The van der Waals surface area contributed by atoms with E-state index < -0.39 is 5.82 Å². The lowest BCUT2D eigenvalue weighted by Crippen LogP contribution is -2.32. The van der Waals surface area contributed by atoms with Crippen molar-refractivity contribution in [2.45, 2.75) is 44.8 Å². The average molecular weight is 462 g/mol. The van der Waals surface area contributed by atoms with Gasteiger partial charge in [0, 0.05) is 17.7 Å². The van der Waals surface area contributed by atoms with Crippen LogP contribution >= 0.6 is 0 Å². The second-order valence-electron chi connectivity index (χ2n) is 8.89. The maximum absolute atomic E-state index is 15.1. The Morgan fingerprint density at radius 3 is 2.44 bits per heavy atom. The van der Waals surface area contributed by atoms with Gasteiger partial charge in [0.15, 0.2) is 6.29 Å².